The van der Waals surface area contributed by atoms with Crippen molar-refractivity contribution < 1.29 is 9.59 Å². The van der Waals surface area contributed by atoms with Gasteiger partial charge in [-0.2, -0.15) is 5.32 Å². The fourth-order valence-electron chi connectivity index (χ4n) is 1.90. The lowest BCUT2D eigenvalue weighted by atomic mass is 9.82. The number of carbonyl (C=O) groups excluding carboxylic acids is 2. The second-order valence-electron chi connectivity index (χ2n) is 3.41. The van der Waals surface area contributed by atoms with E-state index in [1.807, 2.05) is 0 Å². The van der Waals surface area contributed by atoms with E-state index in [1.54, 1.807) is 0 Å². The number of halogens is 1. The summed E-state index contributed by atoms with van der Waals surface area (Å²) in [5.74, 6) is -0.579. The molecule has 0 aromatic carbocycles. The monoisotopic (exact) mass is 200 g/mol. The summed E-state index contributed by atoms with van der Waals surface area (Å²) in [6.45, 7) is 0. The van der Waals surface area contributed by atoms with Gasteiger partial charge in [0.1, 0.15) is 0 Å². The van der Waals surface area contributed by atoms with E-state index in [1.165, 1.54) is 0 Å². The van der Waals surface area contributed by atoms with Gasteiger partial charge in [-0.1, -0.05) is 6.42 Å². The van der Waals surface area contributed by atoms with E-state index in [0.29, 0.717) is 0 Å². The molecular weight excluding hydrogens is 192 g/mol. The Balaban J connectivity index is 2.17. The van der Waals surface area contributed by atoms with Gasteiger partial charge < -0.3 is 0 Å². The van der Waals surface area contributed by atoms with Gasteiger partial charge in [-0.3, -0.25) is 4.79 Å². The number of carbonyl (C=O) groups is 2. The Labute approximate surface area is 81.0 Å². The van der Waals surface area contributed by atoms with Crippen molar-refractivity contribution in [2.45, 2.75) is 30.7 Å². The second kappa shape index (κ2) is 3.18. The van der Waals surface area contributed by atoms with Gasteiger partial charge in [0.2, 0.25) is 0 Å². The third kappa shape index (κ3) is 1.50. The first-order valence-corrected chi connectivity index (χ1v) is 4.76. The molecule has 1 saturated carbocycles. The fraction of sp³-hybridized carbons (Fsp3) is 0.750. The molecule has 5 heteroatoms. The molecule has 2 fully saturated rings. The highest BCUT2D eigenvalue weighted by Gasteiger charge is 2.43. The van der Waals surface area contributed by atoms with E-state index < -0.39 is 6.03 Å². The molecule has 0 bridgehead atoms. The molecule has 3 amide bonds. The van der Waals surface area contributed by atoms with Gasteiger partial charge in [0.05, 0.1) is 17.3 Å². The van der Waals surface area contributed by atoms with Crippen LogP contribution >= 0.6 is 11.6 Å². The van der Waals surface area contributed by atoms with Gasteiger partial charge in [0.15, 0.2) is 0 Å². The van der Waals surface area contributed by atoms with E-state index in [0.717, 1.165) is 19.3 Å². The van der Waals surface area contributed by atoms with Crippen LogP contribution in [0.4, 0.5) is 4.79 Å². The maximum absolute atomic E-state index is 11.3. The van der Waals surface area contributed by atoms with Gasteiger partial charge in [0.25, 0.3) is 5.91 Å². The zero-order valence-corrected chi connectivity index (χ0v) is 7.70. The molecule has 1 aliphatic heterocycles. The summed E-state index contributed by atoms with van der Waals surface area (Å²) in [6, 6.07) is -0.994. The first kappa shape index (κ1) is 8.81. The first-order valence-electron chi connectivity index (χ1n) is 4.33. The summed E-state index contributed by atoms with van der Waals surface area (Å²) in [4.78, 5) is 22.1. The van der Waals surface area contributed by atoms with Crippen LogP contribution < -0.4 is 10.6 Å². The first-order chi connectivity index (χ1) is 6.18. The van der Waals surface area contributed by atoms with Crippen LogP contribution in [-0.2, 0) is 4.79 Å². The highest BCUT2D eigenvalue weighted by Crippen LogP contribution is 2.31. The average Bonchev–Trinajstić information content (AvgIpc) is 2.07. The van der Waals surface area contributed by atoms with Crippen molar-refractivity contribution in [2.75, 3.05) is 0 Å². The van der Waals surface area contributed by atoms with E-state index >= 15 is 0 Å². The number of hydrogen-bond donors (Lipinski definition) is 0. The van der Waals surface area contributed by atoms with E-state index in [-0.39, 0.29) is 23.2 Å². The largest absolute Gasteiger partial charge is 0.365 e. The Morgan fingerprint density at radius 3 is 2.85 bits per heavy atom. The summed E-state index contributed by atoms with van der Waals surface area (Å²) in [5.41, 5.74) is 0. The van der Waals surface area contributed by atoms with Crippen LogP contribution in [0.5, 0.6) is 0 Å². The van der Waals surface area contributed by atoms with Crippen LogP contribution in [0, 0.1) is 5.92 Å². The number of rotatable bonds is 0. The minimum Gasteiger partial charge on any atom is -0.272 e. The summed E-state index contributed by atoms with van der Waals surface area (Å²) in [5, 5.41) is 6.90. The number of amides is 3. The van der Waals surface area contributed by atoms with Crippen LogP contribution in [-0.4, -0.2) is 23.4 Å². The molecule has 1 aliphatic carbocycles. The SMILES string of the molecule is O=C1[N]C(=O)C2CCCC(Cl)C2[N]1. The molecular formula is C8H9ClN2O2. The predicted molar refractivity (Wildman–Crippen MR) is 45.4 cm³/mol. The summed E-state index contributed by atoms with van der Waals surface area (Å²) < 4.78 is 0. The average molecular weight is 201 g/mol. The Kier molecular flexibility index (Phi) is 2.15. The number of urea groups is 1. The van der Waals surface area contributed by atoms with Crippen molar-refractivity contribution in [3.63, 3.8) is 0 Å². The molecule has 3 unspecified atom stereocenters. The van der Waals surface area contributed by atoms with E-state index in [9.17, 15) is 9.59 Å². The molecule has 13 heavy (non-hydrogen) atoms. The number of alkyl halides is 1. The predicted octanol–water partition coefficient (Wildman–Crippen LogP) is 0.631. The third-order valence-corrected chi connectivity index (χ3v) is 3.04. The molecule has 2 rings (SSSR count). The summed E-state index contributed by atoms with van der Waals surface area (Å²) >= 11 is 5.98. The van der Waals surface area contributed by atoms with Gasteiger partial charge in [-0.15, -0.1) is 11.6 Å². The van der Waals surface area contributed by atoms with Crippen molar-refractivity contribution >= 4 is 23.5 Å². The van der Waals surface area contributed by atoms with E-state index in [4.69, 9.17) is 11.6 Å². The maximum atomic E-state index is 11.3. The smallest absolute Gasteiger partial charge is 0.272 e. The van der Waals surface area contributed by atoms with Crippen LogP contribution in [0.15, 0.2) is 0 Å². The zero-order chi connectivity index (χ0) is 9.42. The van der Waals surface area contributed by atoms with E-state index in [2.05, 4.69) is 10.6 Å². The Hall–Kier alpha value is -0.770. The summed E-state index contributed by atoms with van der Waals surface area (Å²) in [6.07, 6.45) is 2.50. The van der Waals surface area contributed by atoms with Gasteiger partial charge in [-0.05, 0) is 12.8 Å². The Bertz CT molecular complexity index is 257. The highest BCUT2D eigenvalue weighted by atomic mass is 35.5. The van der Waals surface area contributed by atoms with Crippen LogP contribution in [0.25, 0.3) is 0 Å². The van der Waals surface area contributed by atoms with Gasteiger partial charge >= 0.3 is 6.03 Å². The van der Waals surface area contributed by atoms with Crippen molar-refractivity contribution in [1.82, 2.24) is 10.6 Å². The minimum atomic E-state index is -0.668. The highest BCUT2D eigenvalue weighted by molar-refractivity contribution is 6.21. The van der Waals surface area contributed by atoms with Gasteiger partial charge in [0, 0.05) is 0 Å². The molecule has 0 N–H and O–H groups in total. The number of fused-ring (bicyclic) bond motifs is 1. The normalized spacial score (nSPS) is 39.0. The van der Waals surface area contributed by atoms with Crippen LogP contribution in [0.1, 0.15) is 19.3 Å². The van der Waals surface area contributed by atoms with Crippen molar-refractivity contribution in [3.05, 3.63) is 0 Å². The molecule has 70 valence electrons. The minimum absolute atomic E-state index is 0.179. The molecule has 4 nitrogen and oxygen atoms in total. The molecule has 1 saturated heterocycles. The molecule has 2 aliphatic rings. The molecule has 0 aromatic rings. The lowest BCUT2D eigenvalue weighted by molar-refractivity contribution is -0.127. The molecule has 1 heterocycles. The second-order valence-corrected chi connectivity index (χ2v) is 3.97. The van der Waals surface area contributed by atoms with Crippen molar-refractivity contribution in [1.29, 1.82) is 0 Å². The maximum Gasteiger partial charge on any atom is 0.365 e. The molecule has 2 radical (unpaired) electrons. The van der Waals surface area contributed by atoms with Crippen LogP contribution in [0.2, 0.25) is 0 Å². The lowest BCUT2D eigenvalue weighted by Gasteiger charge is -2.34. The molecule has 3 atom stereocenters. The van der Waals surface area contributed by atoms with Crippen molar-refractivity contribution in [2.24, 2.45) is 5.92 Å². The fourth-order valence-corrected chi connectivity index (χ4v) is 2.29. The topological polar surface area (TPSA) is 62.3 Å². The number of hydrogen-bond acceptors (Lipinski definition) is 2. The Morgan fingerprint density at radius 1 is 1.31 bits per heavy atom. The zero-order valence-electron chi connectivity index (χ0n) is 6.94. The lowest BCUT2D eigenvalue weighted by Crippen LogP contribution is -2.56. The quantitative estimate of drug-likeness (QED) is 0.539. The standard InChI is InChI=1S/C8H9ClN2O2/c9-5-3-1-2-4-6(5)10-8(13)11-7(4)12/h4-6H,1-3H2. The summed E-state index contributed by atoms with van der Waals surface area (Å²) in [7, 11) is 0. The number of nitrogens with zero attached hydrogens (tertiary/aromatic N) is 2. The number of imide groups is 1. The Morgan fingerprint density at radius 2 is 2.08 bits per heavy atom. The third-order valence-electron chi connectivity index (χ3n) is 2.56. The van der Waals surface area contributed by atoms with Crippen molar-refractivity contribution in [3.8, 4) is 0 Å². The molecule has 0 spiro atoms. The van der Waals surface area contributed by atoms with Gasteiger partial charge in [-0.25, -0.2) is 10.1 Å². The van der Waals surface area contributed by atoms with Crippen LogP contribution in [0.3, 0.4) is 0 Å². The molecule has 0 aromatic heterocycles.